The second-order valence-electron chi connectivity index (χ2n) is 6.95. The third-order valence-electron chi connectivity index (χ3n) is 5.01. The number of nitrogens with one attached hydrogen (secondary N) is 1. The van der Waals surface area contributed by atoms with Crippen molar-refractivity contribution in [2.75, 3.05) is 5.32 Å². The normalized spacial score (nSPS) is 15.1. The zero-order valence-corrected chi connectivity index (χ0v) is 14.9. The van der Waals surface area contributed by atoms with Crippen LogP contribution in [0.25, 0.3) is 10.9 Å². The number of benzene rings is 1. The van der Waals surface area contributed by atoms with E-state index in [1.54, 1.807) is 6.20 Å². The first-order chi connectivity index (χ1) is 12.7. The summed E-state index contributed by atoms with van der Waals surface area (Å²) >= 11 is 0. The van der Waals surface area contributed by atoms with Gasteiger partial charge in [0, 0.05) is 17.5 Å². The smallest absolute Gasteiger partial charge is 0.275 e. The molecule has 0 spiro atoms. The number of aryl methyl sites for hydroxylation is 1. The van der Waals surface area contributed by atoms with E-state index in [0.717, 1.165) is 40.8 Å². The predicted molar refractivity (Wildman–Crippen MR) is 102 cm³/mol. The minimum Gasteiger partial charge on any atom is -0.319 e. The lowest BCUT2D eigenvalue weighted by Gasteiger charge is -2.24. The highest BCUT2D eigenvalue weighted by Gasteiger charge is 2.22. The SMILES string of the molecule is Cc1cnc(C(=O)Nc2cc3ccccc3nc2C2CCCCC2)cn1. The van der Waals surface area contributed by atoms with Gasteiger partial charge in [0.15, 0.2) is 0 Å². The van der Waals surface area contributed by atoms with Crippen molar-refractivity contribution >= 4 is 22.5 Å². The summed E-state index contributed by atoms with van der Waals surface area (Å²) in [6, 6.07) is 10.1. The quantitative estimate of drug-likeness (QED) is 0.750. The number of carbonyl (C=O) groups is 1. The Balaban J connectivity index is 1.71. The lowest BCUT2D eigenvalue weighted by Crippen LogP contribution is -2.18. The molecule has 4 rings (SSSR count). The lowest BCUT2D eigenvalue weighted by molar-refractivity contribution is 0.102. The first-order valence-corrected chi connectivity index (χ1v) is 9.20. The summed E-state index contributed by atoms with van der Waals surface area (Å²) in [5.74, 6) is 0.152. The van der Waals surface area contributed by atoms with Gasteiger partial charge in [-0.05, 0) is 31.9 Å². The Morgan fingerprint density at radius 1 is 1.08 bits per heavy atom. The van der Waals surface area contributed by atoms with Crippen LogP contribution in [0, 0.1) is 6.92 Å². The van der Waals surface area contributed by atoms with Crippen molar-refractivity contribution < 1.29 is 4.79 Å². The molecule has 132 valence electrons. The molecular weight excluding hydrogens is 324 g/mol. The highest BCUT2D eigenvalue weighted by molar-refractivity contribution is 6.04. The van der Waals surface area contributed by atoms with Crippen LogP contribution in [-0.2, 0) is 0 Å². The molecule has 5 heteroatoms. The van der Waals surface area contributed by atoms with E-state index in [2.05, 4.69) is 15.3 Å². The number of hydrogen-bond donors (Lipinski definition) is 1. The highest BCUT2D eigenvalue weighted by Crippen LogP contribution is 2.36. The molecule has 3 aromatic rings. The van der Waals surface area contributed by atoms with Gasteiger partial charge in [-0.25, -0.2) is 4.98 Å². The number of aromatic nitrogens is 3. The second kappa shape index (κ2) is 7.20. The van der Waals surface area contributed by atoms with Crippen molar-refractivity contribution in [3.05, 3.63) is 59.8 Å². The van der Waals surface area contributed by atoms with Gasteiger partial charge in [-0.1, -0.05) is 37.5 Å². The Kier molecular flexibility index (Phi) is 4.61. The molecule has 0 aliphatic heterocycles. The van der Waals surface area contributed by atoms with Gasteiger partial charge in [-0.2, -0.15) is 0 Å². The van der Waals surface area contributed by atoms with Crippen LogP contribution in [0.15, 0.2) is 42.7 Å². The Hall–Kier alpha value is -2.82. The second-order valence-corrected chi connectivity index (χ2v) is 6.95. The molecule has 26 heavy (non-hydrogen) atoms. The highest BCUT2D eigenvalue weighted by atomic mass is 16.1. The summed E-state index contributed by atoms with van der Waals surface area (Å²) in [4.78, 5) is 25.9. The predicted octanol–water partition coefficient (Wildman–Crippen LogP) is 4.63. The third kappa shape index (κ3) is 3.43. The van der Waals surface area contributed by atoms with Crippen molar-refractivity contribution in [2.24, 2.45) is 0 Å². The van der Waals surface area contributed by atoms with Crippen LogP contribution in [-0.4, -0.2) is 20.9 Å². The van der Waals surface area contributed by atoms with Crippen LogP contribution in [0.1, 0.15) is 59.9 Å². The summed E-state index contributed by atoms with van der Waals surface area (Å²) in [7, 11) is 0. The number of amides is 1. The molecule has 0 radical (unpaired) electrons. The van der Waals surface area contributed by atoms with Crippen molar-refractivity contribution in [3.8, 4) is 0 Å². The molecule has 0 atom stereocenters. The largest absolute Gasteiger partial charge is 0.319 e. The molecule has 0 saturated heterocycles. The van der Waals surface area contributed by atoms with Gasteiger partial charge in [-0.3, -0.25) is 14.8 Å². The first kappa shape index (κ1) is 16.6. The minimum atomic E-state index is -0.244. The van der Waals surface area contributed by atoms with E-state index in [9.17, 15) is 4.79 Å². The summed E-state index contributed by atoms with van der Waals surface area (Å²) in [6.07, 6.45) is 9.09. The van der Waals surface area contributed by atoms with E-state index in [1.807, 2.05) is 37.3 Å². The van der Waals surface area contributed by atoms with Crippen molar-refractivity contribution in [1.82, 2.24) is 15.0 Å². The maximum atomic E-state index is 12.7. The molecule has 2 heterocycles. The minimum absolute atomic E-state index is 0.244. The van der Waals surface area contributed by atoms with E-state index in [1.165, 1.54) is 25.5 Å². The molecule has 0 unspecified atom stereocenters. The Morgan fingerprint density at radius 2 is 1.88 bits per heavy atom. The van der Waals surface area contributed by atoms with E-state index in [4.69, 9.17) is 4.98 Å². The third-order valence-corrected chi connectivity index (χ3v) is 5.01. The van der Waals surface area contributed by atoms with Gasteiger partial charge >= 0.3 is 0 Å². The van der Waals surface area contributed by atoms with Gasteiger partial charge in [0.1, 0.15) is 5.69 Å². The molecule has 0 bridgehead atoms. The van der Waals surface area contributed by atoms with Crippen molar-refractivity contribution in [1.29, 1.82) is 0 Å². The van der Waals surface area contributed by atoms with Crippen LogP contribution < -0.4 is 5.32 Å². The maximum Gasteiger partial charge on any atom is 0.275 e. The summed E-state index contributed by atoms with van der Waals surface area (Å²) in [5.41, 5.74) is 3.87. The van der Waals surface area contributed by atoms with Crippen molar-refractivity contribution in [2.45, 2.75) is 44.9 Å². The summed E-state index contributed by atoms with van der Waals surface area (Å²) in [6.45, 7) is 1.85. The Morgan fingerprint density at radius 3 is 2.65 bits per heavy atom. The first-order valence-electron chi connectivity index (χ1n) is 9.20. The number of nitrogens with zero attached hydrogens (tertiary/aromatic N) is 3. The molecule has 2 aromatic heterocycles. The fraction of sp³-hybridized carbons (Fsp3) is 0.333. The monoisotopic (exact) mass is 346 g/mol. The van der Waals surface area contributed by atoms with E-state index in [0.29, 0.717) is 11.6 Å². The number of fused-ring (bicyclic) bond motifs is 1. The molecule has 1 amide bonds. The molecule has 5 nitrogen and oxygen atoms in total. The number of para-hydroxylation sites is 1. The molecule has 1 N–H and O–H groups in total. The Labute approximate surface area is 152 Å². The zero-order valence-electron chi connectivity index (χ0n) is 14.9. The molecular formula is C21H22N4O. The van der Waals surface area contributed by atoms with E-state index in [-0.39, 0.29) is 5.91 Å². The zero-order chi connectivity index (χ0) is 17.9. The molecule has 1 aliphatic rings. The summed E-state index contributed by atoms with van der Waals surface area (Å²) in [5, 5.41) is 4.06. The maximum absolute atomic E-state index is 12.7. The van der Waals surface area contributed by atoms with E-state index < -0.39 is 0 Å². The molecule has 1 aliphatic carbocycles. The van der Waals surface area contributed by atoms with Gasteiger partial charge in [0.05, 0.1) is 28.8 Å². The standard InChI is InChI=1S/C21H22N4O/c1-14-12-23-19(13-22-14)21(26)25-18-11-16-9-5-6-10-17(16)24-20(18)15-7-3-2-4-8-15/h5-6,9-13,15H,2-4,7-8H2,1H3,(H,25,26). The lowest BCUT2D eigenvalue weighted by atomic mass is 9.85. The van der Waals surface area contributed by atoms with Crippen LogP contribution in [0.2, 0.25) is 0 Å². The fourth-order valence-electron chi connectivity index (χ4n) is 3.61. The van der Waals surface area contributed by atoms with Crippen LogP contribution in [0.4, 0.5) is 5.69 Å². The Bertz CT molecular complexity index is 930. The van der Waals surface area contributed by atoms with Crippen LogP contribution >= 0.6 is 0 Å². The molecule has 1 saturated carbocycles. The number of hydrogen-bond acceptors (Lipinski definition) is 4. The average Bonchev–Trinajstić information content (AvgIpc) is 2.68. The van der Waals surface area contributed by atoms with Gasteiger partial charge in [0.25, 0.3) is 5.91 Å². The fourth-order valence-corrected chi connectivity index (χ4v) is 3.61. The number of rotatable bonds is 3. The van der Waals surface area contributed by atoms with Gasteiger partial charge in [-0.15, -0.1) is 0 Å². The van der Waals surface area contributed by atoms with Crippen molar-refractivity contribution in [3.63, 3.8) is 0 Å². The average molecular weight is 346 g/mol. The molecule has 1 aromatic carbocycles. The van der Waals surface area contributed by atoms with Gasteiger partial charge < -0.3 is 5.32 Å². The number of anilines is 1. The van der Waals surface area contributed by atoms with Crippen LogP contribution in [0.3, 0.4) is 0 Å². The number of pyridine rings is 1. The molecule has 1 fully saturated rings. The number of carbonyl (C=O) groups excluding carboxylic acids is 1. The van der Waals surface area contributed by atoms with Crippen LogP contribution in [0.5, 0.6) is 0 Å². The summed E-state index contributed by atoms with van der Waals surface area (Å²) < 4.78 is 0. The van der Waals surface area contributed by atoms with E-state index >= 15 is 0 Å². The van der Waals surface area contributed by atoms with Gasteiger partial charge in [0.2, 0.25) is 0 Å². The topological polar surface area (TPSA) is 67.8 Å².